The zero-order valence-corrected chi connectivity index (χ0v) is 16.9. The average molecular weight is 479 g/mol. The second-order valence-corrected chi connectivity index (χ2v) is 6.31. The molecule has 0 unspecified atom stereocenters. The standard InChI is InChI=1S/C13H20F3N5OS.HI/c1-12(2,10(22)17-3)7-20-11(18-4)19-5-9-21-8(6-23-9)13(14,15)16;/h6H,5,7H2,1-4H3,(H,17,22)(H2,18,19,20);1H. The molecule has 0 saturated carbocycles. The lowest BCUT2D eigenvalue weighted by Gasteiger charge is -2.24. The van der Waals surface area contributed by atoms with Gasteiger partial charge in [-0.15, -0.1) is 35.3 Å². The van der Waals surface area contributed by atoms with Gasteiger partial charge in [0.15, 0.2) is 11.7 Å². The van der Waals surface area contributed by atoms with Crippen molar-refractivity contribution >= 4 is 47.2 Å². The van der Waals surface area contributed by atoms with Gasteiger partial charge in [-0.05, 0) is 13.8 Å². The molecule has 0 atom stereocenters. The highest BCUT2D eigenvalue weighted by molar-refractivity contribution is 14.0. The summed E-state index contributed by atoms with van der Waals surface area (Å²) in [6, 6.07) is 0. The van der Waals surface area contributed by atoms with E-state index >= 15 is 0 Å². The van der Waals surface area contributed by atoms with Crippen molar-refractivity contribution in [3.8, 4) is 0 Å². The molecule has 1 heterocycles. The molecule has 0 fully saturated rings. The molecule has 0 aliphatic heterocycles. The first-order valence-corrected chi connectivity index (χ1v) is 7.66. The van der Waals surface area contributed by atoms with Crippen LogP contribution in [0.4, 0.5) is 13.2 Å². The van der Waals surface area contributed by atoms with Gasteiger partial charge in [-0.25, -0.2) is 4.98 Å². The average Bonchev–Trinajstić information content (AvgIpc) is 2.95. The fraction of sp³-hybridized carbons (Fsp3) is 0.615. The molecular weight excluding hydrogens is 458 g/mol. The largest absolute Gasteiger partial charge is 0.434 e. The smallest absolute Gasteiger partial charge is 0.359 e. The Morgan fingerprint density at radius 2 is 1.96 bits per heavy atom. The van der Waals surface area contributed by atoms with E-state index in [1.54, 1.807) is 20.9 Å². The third-order valence-electron chi connectivity index (χ3n) is 3.01. The first-order chi connectivity index (χ1) is 10.6. The second kappa shape index (κ2) is 9.39. The van der Waals surface area contributed by atoms with Gasteiger partial charge in [0, 0.05) is 26.0 Å². The van der Waals surface area contributed by atoms with E-state index < -0.39 is 17.3 Å². The van der Waals surface area contributed by atoms with Gasteiger partial charge in [0.25, 0.3) is 0 Å². The number of aliphatic imine (C=N–C) groups is 1. The predicted molar refractivity (Wildman–Crippen MR) is 98.6 cm³/mol. The molecular formula is C13H21F3IN5OS. The van der Waals surface area contributed by atoms with Crippen LogP contribution in [-0.2, 0) is 17.5 Å². The number of carbonyl (C=O) groups excluding carboxylic acids is 1. The fourth-order valence-electron chi connectivity index (χ4n) is 1.63. The molecule has 24 heavy (non-hydrogen) atoms. The molecule has 138 valence electrons. The number of aromatic nitrogens is 1. The number of thiazole rings is 1. The molecule has 6 nitrogen and oxygen atoms in total. The van der Waals surface area contributed by atoms with Crippen LogP contribution in [0, 0.1) is 5.41 Å². The maximum Gasteiger partial charge on any atom is 0.434 e. The monoisotopic (exact) mass is 479 g/mol. The van der Waals surface area contributed by atoms with Crippen molar-refractivity contribution in [3.05, 3.63) is 16.1 Å². The predicted octanol–water partition coefficient (Wildman–Crippen LogP) is 2.22. The van der Waals surface area contributed by atoms with E-state index in [-0.39, 0.29) is 36.4 Å². The first kappa shape index (κ1) is 22.9. The van der Waals surface area contributed by atoms with Gasteiger partial charge in [-0.2, -0.15) is 13.2 Å². The van der Waals surface area contributed by atoms with E-state index in [1.165, 1.54) is 7.05 Å². The zero-order chi connectivity index (χ0) is 17.7. The van der Waals surface area contributed by atoms with E-state index in [0.717, 1.165) is 16.7 Å². The molecule has 0 saturated heterocycles. The maximum atomic E-state index is 12.5. The molecule has 1 aromatic rings. The lowest BCUT2D eigenvalue weighted by Crippen LogP contribution is -2.47. The molecule has 0 aliphatic carbocycles. The Hall–Kier alpha value is -1.11. The van der Waals surface area contributed by atoms with Crippen LogP contribution in [-0.4, -0.2) is 37.5 Å². The third kappa shape index (κ3) is 6.79. The Labute approximate surface area is 159 Å². The number of amides is 1. The SMILES string of the molecule is CN=C(NCc1nc(C(F)(F)F)cs1)NCC(C)(C)C(=O)NC.I. The number of halogens is 4. The van der Waals surface area contributed by atoms with Crippen LogP contribution in [0.15, 0.2) is 10.4 Å². The number of nitrogens with zero attached hydrogens (tertiary/aromatic N) is 2. The van der Waals surface area contributed by atoms with Crippen molar-refractivity contribution in [1.82, 2.24) is 20.9 Å². The third-order valence-corrected chi connectivity index (χ3v) is 3.86. The molecule has 0 bridgehead atoms. The van der Waals surface area contributed by atoms with E-state index in [9.17, 15) is 18.0 Å². The van der Waals surface area contributed by atoms with Gasteiger partial charge in [0.1, 0.15) is 5.01 Å². The Morgan fingerprint density at radius 3 is 2.42 bits per heavy atom. The van der Waals surface area contributed by atoms with Crippen molar-refractivity contribution in [1.29, 1.82) is 0 Å². The van der Waals surface area contributed by atoms with Crippen molar-refractivity contribution in [3.63, 3.8) is 0 Å². The summed E-state index contributed by atoms with van der Waals surface area (Å²) in [6.07, 6.45) is -4.44. The molecule has 1 amide bonds. The second-order valence-electron chi connectivity index (χ2n) is 5.37. The van der Waals surface area contributed by atoms with Gasteiger partial charge in [0.2, 0.25) is 5.91 Å². The number of alkyl halides is 3. The van der Waals surface area contributed by atoms with Crippen LogP contribution in [0.25, 0.3) is 0 Å². The summed E-state index contributed by atoms with van der Waals surface area (Å²) in [5.41, 5.74) is -1.56. The van der Waals surface area contributed by atoms with Crippen LogP contribution in [0.3, 0.4) is 0 Å². The summed E-state index contributed by atoms with van der Waals surface area (Å²) in [5, 5.41) is 9.67. The zero-order valence-electron chi connectivity index (χ0n) is 13.7. The van der Waals surface area contributed by atoms with Crippen molar-refractivity contribution in [2.45, 2.75) is 26.6 Å². The van der Waals surface area contributed by atoms with Gasteiger partial charge < -0.3 is 16.0 Å². The topological polar surface area (TPSA) is 78.4 Å². The normalized spacial score (nSPS) is 12.4. The number of guanidine groups is 1. The summed E-state index contributed by atoms with van der Waals surface area (Å²) < 4.78 is 37.4. The lowest BCUT2D eigenvalue weighted by molar-refractivity contribution is -0.140. The summed E-state index contributed by atoms with van der Waals surface area (Å²) in [4.78, 5) is 19.2. The molecule has 0 spiro atoms. The minimum absolute atomic E-state index is 0. The Bertz CT molecular complexity index is 574. The molecule has 0 aliphatic rings. The molecule has 0 radical (unpaired) electrons. The van der Waals surface area contributed by atoms with E-state index in [4.69, 9.17) is 0 Å². The number of hydrogen-bond acceptors (Lipinski definition) is 4. The van der Waals surface area contributed by atoms with Crippen LogP contribution in [0.2, 0.25) is 0 Å². The highest BCUT2D eigenvalue weighted by atomic mass is 127. The van der Waals surface area contributed by atoms with Crippen molar-refractivity contribution in [2.75, 3.05) is 20.6 Å². The fourth-order valence-corrected chi connectivity index (χ4v) is 2.37. The van der Waals surface area contributed by atoms with E-state index in [0.29, 0.717) is 17.5 Å². The van der Waals surface area contributed by atoms with Gasteiger partial charge >= 0.3 is 6.18 Å². The minimum atomic E-state index is -4.44. The number of nitrogens with one attached hydrogen (secondary N) is 3. The minimum Gasteiger partial charge on any atom is -0.359 e. The first-order valence-electron chi connectivity index (χ1n) is 6.78. The van der Waals surface area contributed by atoms with Crippen LogP contribution in [0.5, 0.6) is 0 Å². The van der Waals surface area contributed by atoms with Crippen molar-refractivity contribution in [2.24, 2.45) is 10.4 Å². The summed E-state index contributed by atoms with van der Waals surface area (Å²) in [6.45, 7) is 3.96. The Balaban J connectivity index is 0.00000529. The molecule has 1 rings (SSSR count). The summed E-state index contributed by atoms with van der Waals surface area (Å²) in [5.74, 6) is 0.251. The highest BCUT2D eigenvalue weighted by Crippen LogP contribution is 2.29. The lowest BCUT2D eigenvalue weighted by atomic mass is 9.92. The van der Waals surface area contributed by atoms with E-state index in [2.05, 4.69) is 25.9 Å². The number of rotatable bonds is 5. The Kier molecular flexibility index (Phi) is 8.96. The van der Waals surface area contributed by atoms with Crippen LogP contribution < -0.4 is 16.0 Å². The van der Waals surface area contributed by atoms with Crippen LogP contribution in [0.1, 0.15) is 24.5 Å². The molecule has 1 aromatic heterocycles. The summed E-state index contributed by atoms with van der Waals surface area (Å²) in [7, 11) is 3.09. The van der Waals surface area contributed by atoms with Gasteiger partial charge in [-0.1, -0.05) is 0 Å². The Morgan fingerprint density at radius 1 is 1.33 bits per heavy atom. The number of hydrogen-bond donors (Lipinski definition) is 3. The van der Waals surface area contributed by atoms with E-state index in [1.807, 2.05) is 0 Å². The number of carbonyl (C=O) groups is 1. The molecule has 3 N–H and O–H groups in total. The van der Waals surface area contributed by atoms with Gasteiger partial charge in [-0.3, -0.25) is 9.79 Å². The van der Waals surface area contributed by atoms with Crippen molar-refractivity contribution < 1.29 is 18.0 Å². The molecule has 0 aromatic carbocycles. The molecule has 11 heteroatoms. The maximum absolute atomic E-state index is 12.5. The quantitative estimate of drug-likeness (QED) is 0.344. The highest BCUT2D eigenvalue weighted by Gasteiger charge is 2.33. The van der Waals surface area contributed by atoms with Crippen LogP contribution >= 0.6 is 35.3 Å². The summed E-state index contributed by atoms with van der Waals surface area (Å²) >= 11 is 0.921. The van der Waals surface area contributed by atoms with Gasteiger partial charge in [0.05, 0.1) is 12.0 Å².